The molecule has 9 heteroatoms. The molecular formula is C15H21N7OS. The highest BCUT2D eigenvalue weighted by Gasteiger charge is 2.07. The number of pyridine rings is 1. The average molecular weight is 347 g/mol. The van der Waals surface area contributed by atoms with Gasteiger partial charge in [-0.15, -0.1) is 11.3 Å². The molecule has 0 unspecified atom stereocenters. The number of unbranched alkanes of at least 4 members (excludes halogenated alkanes) is 1. The zero-order valence-corrected chi connectivity index (χ0v) is 14.3. The lowest BCUT2D eigenvalue weighted by atomic mass is 10.2. The van der Waals surface area contributed by atoms with Crippen molar-refractivity contribution in [3.63, 3.8) is 0 Å². The Hall–Kier alpha value is -2.68. The Balaban J connectivity index is 2.06. The number of carbonyl (C=O) groups excluding carboxylic acids is 1. The summed E-state index contributed by atoms with van der Waals surface area (Å²) in [4.78, 5) is 23.9. The molecule has 0 aliphatic heterocycles. The van der Waals surface area contributed by atoms with Gasteiger partial charge >= 0.3 is 6.03 Å². The number of thiazole rings is 1. The summed E-state index contributed by atoms with van der Waals surface area (Å²) in [6.07, 6.45) is 2.13. The van der Waals surface area contributed by atoms with Gasteiger partial charge in [0, 0.05) is 11.9 Å². The molecule has 0 bridgehead atoms. The quantitative estimate of drug-likeness (QED) is 0.344. The minimum atomic E-state index is -0.585. The Morgan fingerprint density at radius 3 is 2.83 bits per heavy atom. The van der Waals surface area contributed by atoms with E-state index in [1.165, 1.54) is 11.3 Å². The molecule has 0 aliphatic rings. The molecule has 8 nitrogen and oxygen atoms in total. The van der Waals surface area contributed by atoms with Gasteiger partial charge in [-0.3, -0.25) is 0 Å². The Kier molecular flexibility index (Phi) is 6.50. The van der Waals surface area contributed by atoms with Crippen LogP contribution in [-0.2, 0) is 6.54 Å². The topological polar surface area (TPSA) is 131 Å². The fourth-order valence-corrected chi connectivity index (χ4v) is 2.56. The predicted molar refractivity (Wildman–Crippen MR) is 96.0 cm³/mol. The maximum Gasteiger partial charge on any atom is 0.312 e. The smallest absolute Gasteiger partial charge is 0.312 e. The van der Waals surface area contributed by atoms with E-state index in [2.05, 4.69) is 32.5 Å². The molecule has 128 valence electrons. The second-order valence-electron chi connectivity index (χ2n) is 5.02. The maximum atomic E-state index is 10.8. The SMILES string of the molecule is CCCCN/C(N)=N/c1nc(-c2cccc(CNC(N)=O)n2)cs1. The Morgan fingerprint density at radius 2 is 2.08 bits per heavy atom. The first-order valence-electron chi connectivity index (χ1n) is 7.61. The van der Waals surface area contributed by atoms with Crippen molar-refractivity contribution in [3.8, 4) is 11.4 Å². The highest BCUT2D eigenvalue weighted by molar-refractivity contribution is 7.13. The molecule has 0 radical (unpaired) electrons. The largest absolute Gasteiger partial charge is 0.370 e. The van der Waals surface area contributed by atoms with Crippen LogP contribution in [0.5, 0.6) is 0 Å². The third-order valence-corrected chi connectivity index (χ3v) is 3.79. The number of aliphatic imine (C=N–C) groups is 1. The molecule has 0 spiro atoms. The number of nitrogens with zero attached hydrogens (tertiary/aromatic N) is 3. The van der Waals surface area contributed by atoms with E-state index in [0.717, 1.165) is 19.4 Å². The lowest BCUT2D eigenvalue weighted by Crippen LogP contribution is -2.31. The van der Waals surface area contributed by atoms with E-state index in [4.69, 9.17) is 11.5 Å². The third-order valence-electron chi connectivity index (χ3n) is 3.06. The van der Waals surface area contributed by atoms with Gasteiger partial charge < -0.3 is 22.1 Å². The summed E-state index contributed by atoms with van der Waals surface area (Å²) in [5.74, 6) is 0.358. The number of carbonyl (C=O) groups is 1. The minimum absolute atomic E-state index is 0.270. The first-order chi connectivity index (χ1) is 11.6. The average Bonchev–Trinajstić information content (AvgIpc) is 3.02. The molecule has 2 aromatic heterocycles. The van der Waals surface area contributed by atoms with Crippen molar-refractivity contribution >= 4 is 28.5 Å². The van der Waals surface area contributed by atoms with Gasteiger partial charge in [0.15, 0.2) is 5.96 Å². The monoisotopic (exact) mass is 347 g/mol. The van der Waals surface area contributed by atoms with Crippen LogP contribution in [0.15, 0.2) is 28.6 Å². The van der Waals surface area contributed by atoms with Crippen LogP contribution < -0.4 is 22.1 Å². The zero-order chi connectivity index (χ0) is 17.4. The van der Waals surface area contributed by atoms with E-state index in [9.17, 15) is 4.79 Å². The van der Waals surface area contributed by atoms with E-state index < -0.39 is 6.03 Å². The number of nitrogens with two attached hydrogens (primary N) is 2. The van der Waals surface area contributed by atoms with Gasteiger partial charge in [-0.05, 0) is 18.6 Å². The van der Waals surface area contributed by atoms with Crippen molar-refractivity contribution in [2.45, 2.75) is 26.3 Å². The molecule has 2 aromatic rings. The summed E-state index contributed by atoms with van der Waals surface area (Å²) >= 11 is 1.39. The van der Waals surface area contributed by atoms with Gasteiger partial charge in [0.25, 0.3) is 0 Å². The van der Waals surface area contributed by atoms with Crippen LogP contribution in [0.25, 0.3) is 11.4 Å². The first-order valence-corrected chi connectivity index (χ1v) is 8.49. The maximum absolute atomic E-state index is 10.8. The van der Waals surface area contributed by atoms with Crippen molar-refractivity contribution in [2.75, 3.05) is 6.54 Å². The lowest BCUT2D eigenvalue weighted by Gasteiger charge is -2.03. The number of urea groups is 1. The number of guanidine groups is 1. The van der Waals surface area contributed by atoms with Crippen molar-refractivity contribution < 1.29 is 4.79 Å². The fraction of sp³-hybridized carbons (Fsp3) is 0.333. The van der Waals surface area contributed by atoms with E-state index >= 15 is 0 Å². The molecule has 24 heavy (non-hydrogen) atoms. The molecule has 2 heterocycles. The number of amides is 2. The summed E-state index contributed by atoms with van der Waals surface area (Å²) in [7, 11) is 0. The molecule has 6 N–H and O–H groups in total. The molecule has 0 saturated heterocycles. The highest BCUT2D eigenvalue weighted by Crippen LogP contribution is 2.25. The molecule has 0 saturated carbocycles. The molecular weight excluding hydrogens is 326 g/mol. The van der Waals surface area contributed by atoms with Gasteiger partial charge in [-0.25, -0.2) is 14.8 Å². The van der Waals surface area contributed by atoms with Gasteiger partial charge in [0.2, 0.25) is 5.13 Å². The second-order valence-corrected chi connectivity index (χ2v) is 5.86. The van der Waals surface area contributed by atoms with Gasteiger partial charge in [0.05, 0.1) is 17.9 Å². The molecule has 0 aliphatic carbocycles. The van der Waals surface area contributed by atoms with Gasteiger partial charge in [-0.2, -0.15) is 4.99 Å². The van der Waals surface area contributed by atoms with E-state index in [1.807, 2.05) is 17.5 Å². The second kappa shape index (κ2) is 8.82. The van der Waals surface area contributed by atoms with Gasteiger partial charge in [-0.1, -0.05) is 19.4 Å². The number of primary amides is 1. The fourth-order valence-electron chi connectivity index (χ4n) is 1.87. The summed E-state index contributed by atoms with van der Waals surface area (Å²) in [6, 6.07) is 4.92. The molecule has 0 fully saturated rings. The highest BCUT2D eigenvalue weighted by atomic mass is 32.1. The number of nitrogens with one attached hydrogen (secondary N) is 2. The molecule has 2 amide bonds. The van der Waals surface area contributed by atoms with Crippen molar-refractivity contribution in [1.82, 2.24) is 20.6 Å². The van der Waals surface area contributed by atoms with Crippen LogP contribution in [0.4, 0.5) is 9.93 Å². The number of hydrogen-bond acceptors (Lipinski definition) is 5. The van der Waals surface area contributed by atoms with E-state index in [1.54, 1.807) is 6.07 Å². The molecule has 0 atom stereocenters. The number of rotatable bonds is 7. The molecule has 2 rings (SSSR count). The summed E-state index contributed by atoms with van der Waals surface area (Å²) in [5.41, 5.74) is 13.0. The standard InChI is InChI=1S/C15H21N7OS/c1-2-3-7-18-13(16)22-15-21-12(9-24-15)11-6-4-5-10(20-11)8-19-14(17)23/h4-6,9H,2-3,7-8H2,1H3,(H3,17,19,23)(H3,16,18,21,22). The number of aromatic nitrogens is 2. The van der Waals surface area contributed by atoms with E-state index in [-0.39, 0.29) is 6.54 Å². The summed E-state index contributed by atoms with van der Waals surface area (Å²) in [5, 5.41) is 7.98. The van der Waals surface area contributed by atoms with Crippen LogP contribution in [0, 0.1) is 0 Å². The first kappa shape index (κ1) is 17.7. The van der Waals surface area contributed by atoms with Crippen molar-refractivity contribution in [3.05, 3.63) is 29.3 Å². The Bertz CT molecular complexity index is 713. The van der Waals surface area contributed by atoms with Crippen molar-refractivity contribution in [2.24, 2.45) is 16.5 Å². The van der Waals surface area contributed by atoms with E-state index in [0.29, 0.717) is 28.2 Å². The third kappa shape index (κ3) is 5.51. The Labute approximate surface area is 144 Å². The minimum Gasteiger partial charge on any atom is -0.370 e. The lowest BCUT2D eigenvalue weighted by molar-refractivity contribution is 0.248. The van der Waals surface area contributed by atoms with Crippen LogP contribution in [-0.4, -0.2) is 28.5 Å². The van der Waals surface area contributed by atoms with Crippen LogP contribution in [0.3, 0.4) is 0 Å². The molecule has 0 aromatic carbocycles. The Morgan fingerprint density at radius 1 is 1.25 bits per heavy atom. The van der Waals surface area contributed by atoms with Crippen LogP contribution in [0.1, 0.15) is 25.5 Å². The zero-order valence-electron chi connectivity index (χ0n) is 13.5. The van der Waals surface area contributed by atoms with Gasteiger partial charge in [0.1, 0.15) is 5.69 Å². The summed E-state index contributed by atoms with van der Waals surface area (Å²) < 4.78 is 0. The normalized spacial score (nSPS) is 11.3. The predicted octanol–water partition coefficient (Wildman–Crippen LogP) is 1.71. The summed E-state index contributed by atoms with van der Waals surface area (Å²) in [6.45, 7) is 3.18. The number of hydrogen-bond donors (Lipinski definition) is 4. The van der Waals surface area contributed by atoms with Crippen LogP contribution in [0.2, 0.25) is 0 Å². The van der Waals surface area contributed by atoms with Crippen LogP contribution >= 0.6 is 11.3 Å². The van der Waals surface area contributed by atoms with Crippen molar-refractivity contribution in [1.29, 1.82) is 0 Å².